The third-order valence-corrected chi connectivity index (χ3v) is 1.43. The molecule has 1 heterocycles. The lowest BCUT2D eigenvalue weighted by Gasteiger charge is -1.96. The van der Waals surface area contributed by atoms with Crippen molar-refractivity contribution in [3.05, 3.63) is 36.2 Å². The average molecular weight is 147 g/mol. The lowest BCUT2D eigenvalue weighted by atomic mass is 10.1. The number of pyridine rings is 1. The molecule has 1 rings (SSSR count). The molecule has 0 aliphatic carbocycles. The Balaban J connectivity index is 2.94. The molecule has 0 aliphatic heterocycles. The van der Waals surface area contributed by atoms with Crippen molar-refractivity contribution in [3.63, 3.8) is 0 Å². The van der Waals surface area contributed by atoms with Crippen LogP contribution < -0.4 is 0 Å². The number of aldehydes is 1. The summed E-state index contributed by atoms with van der Waals surface area (Å²) in [5.41, 5.74) is 1.92. The van der Waals surface area contributed by atoms with Gasteiger partial charge in [0.05, 0.1) is 0 Å². The summed E-state index contributed by atoms with van der Waals surface area (Å²) in [6.07, 6.45) is 5.74. The number of allylic oxidation sites excluding steroid dienone is 2. The molecule has 11 heavy (non-hydrogen) atoms. The van der Waals surface area contributed by atoms with Crippen LogP contribution in [-0.4, -0.2) is 11.3 Å². The zero-order valence-corrected chi connectivity index (χ0v) is 6.32. The van der Waals surface area contributed by atoms with Gasteiger partial charge in [0.2, 0.25) is 0 Å². The molecule has 2 nitrogen and oxygen atoms in total. The van der Waals surface area contributed by atoms with Crippen LogP contribution in [0.25, 0.3) is 5.57 Å². The van der Waals surface area contributed by atoms with Crippen LogP contribution in [0.2, 0.25) is 0 Å². The van der Waals surface area contributed by atoms with E-state index in [-0.39, 0.29) is 0 Å². The Morgan fingerprint density at radius 1 is 1.64 bits per heavy atom. The minimum absolute atomic E-state index is 0.780. The van der Waals surface area contributed by atoms with Gasteiger partial charge in [-0.1, -0.05) is 6.07 Å². The number of hydrogen-bond donors (Lipinski definition) is 0. The molecule has 0 amide bonds. The Morgan fingerprint density at radius 3 is 3.00 bits per heavy atom. The molecule has 1 aromatic heterocycles. The van der Waals surface area contributed by atoms with E-state index in [4.69, 9.17) is 0 Å². The summed E-state index contributed by atoms with van der Waals surface area (Å²) in [6.45, 7) is 1.88. The average Bonchev–Trinajstić information content (AvgIpc) is 2.07. The first kappa shape index (κ1) is 7.66. The zero-order chi connectivity index (χ0) is 8.10. The van der Waals surface area contributed by atoms with Gasteiger partial charge in [-0.2, -0.15) is 0 Å². The number of hydrogen-bond acceptors (Lipinski definition) is 2. The first-order valence-corrected chi connectivity index (χ1v) is 3.37. The summed E-state index contributed by atoms with van der Waals surface area (Å²) in [5.74, 6) is 0. The van der Waals surface area contributed by atoms with E-state index >= 15 is 0 Å². The number of carbonyl (C=O) groups excluding carboxylic acids is 1. The normalized spacial score (nSPS) is 11.2. The number of nitrogens with zero attached hydrogens (tertiary/aromatic N) is 1. The fourth-order valence-electron chi connectivity index (χ4n) is 0.794. The second kappa shape index (κ2) is 3.66. The Labute approximate surface area is 65.6 Å². The molecule has 0 saturated heterocycles. The van der Waals surface area contributed by atoms with Crippen molar-refractivity contribution in [2.45, 2.75) is 6.92 Å². The van der Waals surface area contributed by atoms with Crippen LogP contribution in [0.4, 0.5) is 0 Å². The van der Waals surface area contributed by atoms with Crippen molar-refractivity contribution in [3.8, 4) is 0 Å². The van der Waals surface area contributed by atoms with E-state index in [2.05, 4.69) is 4.98 Å². The van der Waals surface area contributed by atoms with E-state index in [0.717, 1.165) is 17.4 Å². The van der Waals surface area contributed by atoms with E-state index < -0.39 is 0 Å². The molecular weight excluding hydrogens is 138 g/mol. The topological polar surface area (TPSA) is 30.0 Å². The third kappa shape index (κ3) is 2.00. The molecule has 1 aromatic rings. The van der Waals surface area contributed by atoms with Gasteiger partial charge in [-0.15, -0.1) is 0 Å². The van der Waals surface area contributed by atoms with Gasteiger partial charge in [-0.05, 0) is 30.2 Å². The first-order chi connectivity index (χ1) is 5.34. The highest BCUT2D eigenvalue weighted by atomic mass is 16.1. The highest BCUT2D eigenvalue weighted by Gasteiger charge is 1.91. The third-order valence-electron chi connectivity index (χ3n) is 1.43. The van der Waals surface area contributed by atoms with E-state index in [0.29, 0.717) is 0 Å². The van der Waals surface area contributed by atoms with Crippen LogP contribution in [0.1, 0.15) is 12.5 Å². The highest BCUT2D eigenvalue weighted by molar-refractivity contribution is 5.80. The lowest BCUT2D eigenvalue weighted by molar-refractivity contribution is -0.104. The highest BCUT2D eigenvalue weighted by Crippen LogP contribution is 2.09. The summed E-state index contributed by atoms with van der Waals surface area (Å²) in [4.78, 5) is 14.0. The second-order valence-electron chi connectivity index (χ2n) is 2.23. The van der Waals surface area contributed by atoms with Gasteiger partial charge in [0.25, 0.3) is 0 Å². The standard InChI is InChI=1S/C9H9NO/c1-8(4-6-11)9-3-2-5-10-7-9/h2-7H,1H3. The summed E-state index contributed by atoms with van der Waals surface area (Å²) in [6, 6.07) is 3.76. The molecule has 0 aliphatic rings. The Morgan fingerprint density at radius 2 is 2.45 bits per heavy atom. The number of rotatable bonds is 2. The quantitative estimate of drug-likeness (QED) is 0.470. The fraction of sp³-hybridized carbons (Fsp3) is 0.111. The fourth-order valence-corrected chi connectivity index (χ4v) is 0.794. The minimum atomic E-state index is 0.780. The minimum Gasteiger partial charge on any atom is -0.299 e. The summed E-state index contributed by atoms with van der Waals surface area (Å²) in [7, 11) is 0. The van der Waals surface area contributed by atoms with Gasteiger partial charge in [-0.3, -0.25) is 9.78 Å². The van der Waals surface area contributed by atoms with Gasteiger partial charge in [0.1, 0.15) is 6.29 Å². The van der Waals surface area contributed by atoms with E-state index in [1.54, 1.807) is 12.4 Å². The van der Waals surface area contributed by atoms with Gasteiger partial charge >= 0.3 is 0 Å². The summed E-state index contributed by atoms with van der Waals surface area (Å²) < 4.78 is 0. The Kier molecular flexibility index (Phi) is 2.55. The first-order valence-electron chi connectivity index (χ1n) is 3.37. The van der Waals surface area contributed by atoms with Crippen molar-refractivity contribution in [2.24, 2.45) is 0 Å². The molecule has 0 N–H and O–H groups in total. The molecule has 0 fully saturated rings. The lowest BCUT2D eigenvalue weighted by Crippen LogP contribution is -1.80. The van der Waals surface area contributed by atoms with Gasteiger partial charge < -0.3 is 0 Å². The van der Waals surface area contributed by atoms with Crippen LogP contribution in [0.5, 0.6) is 0 Å². The Bertz CT molecular complexity index is 264. The predicted octanol–water partition coefficient (Wildman–Crippen LogP) is 1.68. The maximum atomic E-state index is 10.1. The molecule has 0 spiro atoms. The van der Waals surface area contributed by atoms with E-state index in [1.807, 2.05) is 19.1 Å². The molecule has 0 saturated carbocycles. The van der Waals surface area contributed by atoms with Gasteiger partial charge in [-0.25, -0.2) is 0 Å². The summed E-state index contributed by atoms with van der Waals surface area (Å²) >= 11 is 0. The van der Waals surface area contributed by atoms with Gasteiger partial charge in [0, 0.05) is 12.4 Å². The maximum absolute atomic E-state index is 10.1. The second-order valence-corrected chi connectivity index (χ2v) is 2.23. The van der Waals surface area contributed by atoms with E-state index in [9.17, 15) is 4.79 Å². The summed E-state index contributed by atoms with van der Waals surface area (Å²) in [5, 5.41) is 0. The Hall–Kier alpha value is -1.44. The van der Waals surface area contributed by atoms with Crippen molar-refractivity contribution in [1.29, 1.82) is 0 Å². The van der Waals surface area contributed by atoms with Crippen molar-refractivity contribution in [2.75, 3.05) is 0 Å². The molecule has 0 bridgehead atoms. The largest absolute Gasteiger partial charge is 0.299 e. The maximum Gasteiger partial charge on any atom is 0.143 e. The number of carbonyl (C=O) groups is 1. The molecule has 56 valence electrons. The molecule has 0 radical (unpaired) electrons. The van der Waals surface area contributed by atoms with Gasteiger partial charge in [0.15, 0.2) is 0 Å². The SMILES string of the molecule is CC(=CC=O)c1cccnc1. The molecule has 0 atom stereocenters. The monoisotopic (exact) mass is 147 g/mol. The molecule has 0 aromatic carbocycles. The van der Waals surface area contributed by atoms with E-state index in [1.165, 1.54) is 6.08 Å². The van der Waals surface area contributed by atoms with Crippen LogP contribution in [0.3, 0.4) is 0 Å². The smallest absolute Gasteiger partial charge is 0.143 e. The van der Waals surface area contributed by atoms with Crippen LogP contribution in [-0.2, 0) is 4.79 Å². The van der Waals surface area contributed by atoms with Crippen molar-refractivity contribution >= 4 is 11.9 Å². The van der Waals surface area contributed by atoms with Crippen LogP contribution >= 0.6 is 0 Å². The molecular formula is C9H9NO. The van der Waals surface area contributed by atoms with Crippen LogP contribution in [0, 0.1) is 0 Å². The van der Waals surface area contributed by atoms with Crippen molar-refractivity contribution < 1.29 is 4.79 Å². The predicted molar refractivity (Wildman–Crippen MR) is 44.0 cm³/mol. The molecule has 2 heteroatoms. The zero-order valence-electron chi connectivity index (χ0n) is 6.32. The molecule has 0 unspecified atom stereocenters. The van der Waals surface area contributed by atoms with Crippen LogP contribution in [0.15, 0.2) is 30.6 Å². The van der Waals surface area contributed by atoms with Crippen molar-refractivity contribution in [1.82, 2.24) is 4.98 Å². The number of aromatic nitrogens is 1.